The van der Waals surface area contributed by atoms with Crippen LogP contribution in [0.3, 0.4) is 0 Å². The molecule has 0 spiro atoms. The van der Waals surface area contributed by atoms with Crippen molar-refractivity contribution in [2.45, 2.75) is 37.5 Å². The first-order valence-electron chi connectivity index (χ1n) is 11.8. The number of aromatic nitrogens is 1. The Kier molecular flexibility index (Phi) is 6.64. The van der Waals surface area contributed by atoms with Crippen LogP contribution in [0.1, 0.15) is 44.7 Å². The van der Waals surface area contributed by atoms with Gasteiger partial charge in [-0.3, -0.25) is 9.59 Å². The van der Waals surface area contributed by atoms with Gasteiger partial charge in [-0.05, 0) is 35.9 Å². The second kappa shape index (κ2) is 9.84. The third kappa shape index (κ3) is 5.42. The van der Waals surface area contributed by atoms with Crippen LogP contribution in [0.25, 0.3) is 0 Å². The first-order valence-corrected chi connectivity index (χ1v) is 11.8. The zero-order valence-electron chi connectivity index (χ0n) is 20.3. The maximum absolute atomic E-state index is 14.0. The third-order valence-electron chi connectivity index (χ3n) is 6.37. The highest BCUT2D eigenvalue weighted by Crippen LogP contribution is 2.38. The molecule has 1 fully saturated rings. The normalized spacial score (nSPS) is 16.4. The number of carbonyl (C=O) groups is 3. The Morgan fingerprint density at radius 1 is 1.02 bits per heavy atom. The Morgan fingerprint density at radius 2 is 1.75 bits per heavy atom. The lowest BCUT2D eigenvalue weighted by atomic mass is 9.88. The molecular formula is C26H19F6N5O3. The number of urea groups is 1. The fourth-order valence-corrected chi connectivity index (χ4v) is 4.41. The van der Waals surface area contributed by atoms with Crippen molar-refractivity contribution in [3.8, 4) is 0 Å². The van der Waals surface area contributed by atoms with E-state index in [2.05, 4.69) is 20.9 Å². The average molecular weight is 563 g/mol. The number of rotatable bonds is 5. The summed E-state index contributed by atoms with van der Waals surface area (Å²) in [7, 11) is 0. The molecule has 4 amide bonds. The Hall–Kier alpha value is -4.62. The summed E-state index contributed by atoms with van der Waals surface area (Å²) >= 11 is 0. The van der Waals surface area contributed by atoms with E-state index < -0.39 is 65.8 Å². The van der Waals surface area contributed by atoms with E-state index in [1.807, 2.05) is 0 Å². The van der Waals surface area contributed by atoms with Gasteiger partial charge in [0.05, 0.1) is 22.5 Å². The van der Waals surface area contributed by atoms with Gasteiger partial charge >= 0.3 is 12.2 Å². The second-order valence-corrected chi connectivity index (χ2v) is 9.33. The number of nitrogens with zero attached hydrogens (tertiary/aromatic N) is 2. The van der Waals surface area contributed by atoms with Gasteiger partial charge in [0.2, 0.25) is 0 Å². The first kappa shape index (κ1) is 27.0. The molecule has 1 aliphatic carbocycles. The van der Waals surface area contributed by atoms with Crippen molar-refractivity contribution in [3.63, 3.8) is 0 Å². The predicted molar refractivity (Wildman–Crippen MR) is 130 cm³/mol. The third-order valence-corrected chi connectivity index (χ3v) is 6.37. The van der Waals surface area contributed by atoms with E-state index in [0.29, 0.717) is 23.4 Å². The zero-order chi connectivity index (χ0) is 28.8. The molecule has 0 saturated heterocycles. The van der Waals surface area contributed by atoms with Crippen molar-refractivity contribution >= 4 is 35.0 Å². The molecular weight excluding hydrogens is 544 g/mol. The lowest BCUT2D eigenvalue weighted by Gasteiger charge is -2.35. The number of hydrogen-bond acceptors (Lipinski definition) is 4. The minimum atomic E-state index is -4.93. The maximum atomic E-state index is 14.0. The van der Waals surface area contributed by atoms with Gasteiger partial charge in [0, 0.05) is 37.2 Å². The fraction of sp³-hybridized carbons (Fsp3) is 0.231. The predicted octanol–water partition coefficient (Wildman–Crippen LogP) is 5.38. The highest BCUT2D eigenvalue weighted by molar-refractivity contribution is 6.10. The van der Waals surface area contributed by atoms with Crippen molar-refractivity contribution in [2.75, 3.05) is 10.2 Å². The first-order chi connectivity index (χ1) is 18.8. The van der Waals surface area contributed by atoms with Crippen LogP contribution in [0, 0.1) is 5.82 Å². The number of amides is 4. The quantitative estimate of drug-likeness (QED) is 0.363. The van der Waals surface area contributed by atoms with Gasteiger partial charge in [-0.1, -0.05) is 18.2 Å². The molecule has 0 atom stereocenters. The molecule has 1 aliphatic heterocycles. The Labute approximate surface area is 222 Å². The molecule has 0 radical (unpaired) electrons. The van der Waals surface area contributed by atoms with E-state index in [1.165, 1.54) is 0 Å². The summed E-state index contributed by atoms with van der Waals surface area (Å²) in [5.41, 5.74) is -1.49. The number of benzene rings is 2. The molecule has 0 bridgehead atoms. The standard InChI is InChI=1S/C26H19F6N5O3/c27-17-6-14(5-16(8-17)26(30,31)32)22(38)36-19-7-15(23(39)35-18-9-25(28,29)10-18)12-33-21(19)37-20-4-2-1-3-13(20)11-34-24(37)40/h1-8,12,18H,9-11H2,(H,34,40)(H,35,39)(H,36,38). The average Bonchev–Trinajstić information content (AvgIpc) is 2.87. The summed E-state index contributed by atoms with van der Waals surface area (Å²) in [6, 6.07) is 7.61. The molecule has 1 aromatic heterocycles. The summed E-state index contributed by atoms with van der Waals surface area (Å²) in [4.78, 5) is 43.9. The number of anilines is 3. The van der Waals surface area contributed by atoms with Crippen LogP contribution in [0.4, 0.5) is 48.3 Å². The number of hydrogen-bond donors (Lipinski definition) is 3. The molecule has 40 heavy (non-hydrogen) atoms. The number of nitrogens with one attached hydrogen (secondary N) is 3. The van der Waals surface area contributed by atoms with E-state index in [9.17, 15) is 40.7 Å². The van der Waals surface area contributed by atoms with E-state index in [-0.39, 0.29) is 29.7 Å². The molecule has 208 valence electrons. The fourth-order valence-electron chi connectivity index (χ4n) is 4.41. The molecule has 14 heteroatoms. The molecule has 1 saturated carbocycles. The van der Waals surface area contributed by atoms with Crippen molar-refractivity contribution in [1.82, 2.24) is 15.6 Å². The van der Waals surface area contributed by atoms with Crippen molar-refractivity contribution in [2.24, 2.45) is 0 Å². The smallest absolute Gasteiger partial charge is 0.349 e. The van der Waals surface area contributed by atoms with Crippen LogP contribution in [0.15, 0.2) is 54.7 Å². The van der Waals surface area contributed by atoms with Crippen LogP contribution in [-0.4, -0.2) is 34.8 Å². The number of pyridine rings is 1. The number of alkyl halides is 5. The molecule has 0 unspecified atom stereocenters. The van der Waals surface area contributed by atoms with Gasteiger partial charge < -0.3 is 16.0 Å². The summed E-state index contributed by atoms with van der Waals surface area (Å²) < 4.78 is 80.0. The molecule has 8 nitrogen and oxygen atoms in total. The Balaban J connectivity index is 1.53. The SMILES string of the molecule is O=C(Nc1cc(C(=O)NC2CC(F)(F)C2)cnc1N1C(=O)NCc2ccccc21)c1cc(F)cc(C(F)(F)F)c1. The van der Waals surface area contributed by atoms with Gasteiger partial charge in [0.1, 0.15) is 5.82 Å². The van der Waals surface area contributed by atoms with E-state index in [4.69, 9.17) is 0 Å². The summed E-state index contributed by atoms with van der Waals surface area (Å²) in [6.45, 7) is 0.184. The summed E-state index contributed by atoms with van der Waals surface area (Å²) in [6.07, 6.45) is -4.99. The van der Waals surface area contributed by atoms with E-state index >= 15 is 0 Å². The van der Waals surface area contributed by atoms with E-state index in [1.54, 1.807) is 24.3 Å². The zero-order valence-corrected chi connectivity index (χ0v) is 20.3. The van der Waals surface area contributed by atoms with Crippen LogP contribution < -0.4 is 20.9 Å². The van der Waals surface area contributed by atoms with Gasteiger partial charge in [-0.25, -0.2) is 27.8 Å². The van der Waals surface area contributed by atoms with Gasteiger partial charge in [-0.15, -0.1) is 0 Å². The number of fused-ring (bicyclic) bond motifs is 1. The maximum Gasteiger partial charge on any atom is 0.416 e. The van der Waals surface area contributed by atoms with Crippen LogP contribution >= 0.6 is 0 Å². The van der Waals surface area contributed by atoms with E-state index in [0.717, 1.165) is 17.2 Å². The minimum Gasteiger partial charge on any atom is -0.349 e. The number of para-hydroxylation sites is 1. The van der Waals surface area contributed by atoms with Crippen LogP contribution in [-0.2, 0) is 12.7 Å². The highest BCUT2D eigenvalue weighted by Gasteiger charge is 2.46. The van der Waals surface area contributed by atoms with Gasteiger partial charge in [0.25, 0.3) is 17.7 Å². The lowest BCUT2D eigenvalue weighted by Crippen LogP contribution is -2.50. The molecule has 2 aromatic carbocycles. The number of carbonyl (C=O) groups excluding carboxylic acids is 3. The van der Waals surface area contributed by atoms with Crippen LogP contribution in [0.5, 0.6) is 0 Å². The number of halogens is 6. The largest absolute Gasteiger partial charge is 0.416 e. The topological polar surface area (TPSA) is 103 Å². The molecule has 2 aliphatic rings. The van der Waals surface area contributed by atoms with Crippen molar-refractivity contribution in [1.29, 1.82) is 0 Å². The molecule has 3 aromatic rings. The summed E-state index contributed by atoms with van der Waals surface area (Å²) in [5, 5.41) is 7.36. The Morgan fingerprint density at radius 3 is 2.45 bits per heavy atom. The summed E-state index contributed by atoms with van der Waals surface area (Å²) in [5.74, 6) is -6.39. The van der Waals surface area contributed by atoms with Crippen molar-refractivity contribution < 1.29 is 40.7 Å². The monoisotopic (exact) mass is 563 g/mol. The second-order valence-electron chi connectivity index (χ2n) is 9.33. The molecule has 3 N–H and O–H groups in total. The highest BCUT2D eigenvalue weighted by atomic mass is 19.4. The van der Waals surface area contributed by atoms with Crippen LogP contribution in [0.2, 0.25) is 0 Å². The molecule has 5 rings (SSSR count). The lowest BCUT2D eigenvalue weighted by molar-refractivity contribution is -0.137. The Bertz CT molecular complexity index is 1520. The van der Waals surface area contributed by atoms with Gasteiger partial charge in [0.15, 0.2) is 5.82 Å². The van der Waals surface area contributed by atoms with Gasteiger partial charge in [-0.2, -0.15) is 13.2 Å². The minimum absolute atomic E-state index is 0.184. The van der Waals surface area contributed by atoms with Crippen molar-refractivity contribution in [3.05, 3.63) is 82.8 Å². The molecule has 2 heterocycles.